The van der Waals surface area contributed by atoms with Gasteiger partial charge in [-0.3, -0.25) is 0 Å². The van der Waals surface area contributed by atoms with Crippen molar-refractivity contribution in [1.29, 1.82) is 5.41 Å². The van der Waals surface area contributed by atoms with Crippen LogP contribution in [0.25, 0.3) is 0 Å². The molecule has 0 amide bonds. The molecule has 5 fully saturated rings. The second kappa shape index (κ2) is 6.96. The molecule has 0 aliphatic heterocycles. The Balaban J connectivity index is 1.56. The average Bonchev–Trinajstić information content (AvgIpc) is 3.12. The van der Waals surface area contributed by atoms with Crippen molar-refractivity contribution < 1.29 is 5.11 Å². The molecule has 0 saturated heterocycles. The molecule has 0 radical (unpaired) electrons. The van der Waals surface area contributed by atoms with Gasteiger partial charge in [0.05, 0.1) is 6.10 Å². The molecule has 0 aromatic rings. The summed E-state index contributed by atoms with van der Waals surface area (Å²) in [5.74, 6) is 3.36. The van der Waals surface area contributed by atoms with Gasteiger partial charge < -0.3 is 10.5 Å². The van der Waals surface area contributed by atoms with Gasteiger partial charge in [0.1, 0.15) is 0 Å². The Morgan fingerprint density at radius 3 is 2.22 bits per heavy atom. The van der Waals surface area contributed by atoms with E-state index < -0.39 is 0 Å². The number of hydrogen-bond donors (Lipinski definition) is 2. The van der Waals surface area contributed by atoms with E-state index in [1.807, 2.05) is 6.21 Å². The Morgan fingerprint density at radius 2 is 1.56 bits per heavy atom. The minimum absolute atomic E-state index is 0.0322. The smallest absolute Gasteiger partial charge is 0.0594 e. The first-order valence-electron chi connectivity index (χ1n) is 13.7. The number of aliphatic hydroxyl groups is 1. The molecule has 2 N–H and O–H groups in total. The maximum atomic E-state index is 10.9. The molecule has 5 rings (SSSR count). The quantitative estimate of drug-likeness (QED) is 0.337. The predicted molar refractivity (Wildman–Crippen MR) is 134 cm³/mol. The van der Waals surface area contributed by atoms with E-state index in [1.165, 1.54) is 63.4 Å². The van der Waals surface area contributed by atoms with E-state index in [0.717, 1.165) is 18.3 Å². The van der Waals surface area contributed by atoms with Crippen molar-refractivity contribution in [3.63, 3.8) is 0 Å². The van der Waals surface area contributed by atoms with E-state index in [4.69, 9.17) is 5.41 Å². The van der Waals surface area contributed by atoms with E-state index in [2.05, 4.69) is 48.1 Å². The van der Waals surface area contributed by atoms with Crippen LogP contribution < -0.4 is 0 Å². The number of aliphatic hydroxyl groups excluding tert-OH is 1. The van der Waals surface area contributed by atoms with Crippen LogP contribution in [0.1, 0.15) is 106 Å². The maximum Gasteiger partial charge on any atom is 0.0594 e. The van der Waals surface area contributed by atoms with Gasteiger partial charge in [-0.05, 0) is 122 Å². The summed E-state index contributed by atoms with van der Waals surface area (Å²) in [6, 6.07) is 0. The minimum Gasteiger partial charge on any atom is -0.393 e. The van der Waals surface area contributed by atoms with Crippen LogP contribution in [-0.4, -0.2) is 17.4 Å². The highest BCUT2D eigenvalue weighted by atomic mass is 16.3. The third kappa shape index (κ3) is 2.60. The van der Waals surface area contributed by atoms with Gasteiger partial charge in [-0.15, -0.1) is 0 Å². The highest BCUT2D eigenvalue weighted by molar-refractivity contribution is 5.64. The lowest BCUT2D eigenvalue weighted by atomic mass is 9.32. The average molecular weight is 440 g/mol. The first-order chi connectivity index (χ1) is 14.9. The monoisotopic (exact) mass is 439 g/mol. The van der Waals surface area contributed by atoms with Gasteiger partial charge >= 0.3 is 0 Å². The van der Waals surface area contributed by atoms with Gasteiger partial charge in [0.2, 0.25) is 0 Å². The maximum absolute atomic E-state index is 10.9. The molecule has 0 aromatic heterocycles. The van der Waals surface area contributed by atoms with Gasteiger partial charge in [-0.25, -0.2) is 0 Å². The van der Waals surface area contributed by atoms with Crippen LogP contribution in [0.3, 0.4) is 0 Å². The number of allylic oxidation sites excluding steroid dienone is 1. The zero-order valence-corrected chi connectivity index (χ0v) is 21.8. The van der Waals surface area contributed by atoms with Crippen LogP contribution in [0, 0.1) is 62.1 Å². The molecule has 180 valence electrons. The van der Waals surface area contributed by atoms with Crippen LogP contribution in [0.2, 0.25) is 0 Å². The van der Waals surface area contributed by atoms with E-state index in [1.54, 1.807) is 0 Å². The van der Waals surface area contributed by atoms with E-state index in [0.29, 0.717) is 34.0 Å². The molecular formula is C30H49NO. The van der Waals surface area contributed by atoms with Gasteiger partial charge in [-0.2, -0.15) is 0 Å². The van der Waals surface area contributed by atoms with Crippen molar-refractivity contribution in [1.82, 2.24) is 0 Å². The summed E-state index contributed by atoms with van der Waals surface area (Å²) >= 11 is 0. The fourth-order valence-corrected chi connectivity index (χ4v) is 11.4. The number of hydrogen-bond acceptors (Lipinski definition) is 2. The molecule has 5 unspecified atom stereocenters. The third-order valence-corrected chi connectivity index (χ3v) is 13.4. The Bertz CT molecular complexity index is 816. The van der Waals surface area contributed by atoms with Crippen molar-refractivity contribution >= 4 is 6.21 Å². The molecule has 0 bridgehead atoms. The van der Waals surface area contributed by atoms with Gasteiger partial charge in [0.15, 0.2) is 0 Å². The molecule has 5 saturated carbocycles. The predicted octanol–water partition coefficient (Wildman–Crippen LogP) is 7.65. The standard InChI is InChI=1S/C30H49NO/c1-19(2)20-10-15-30(18-31)17-16-28(6)21(25(20)30)8-9-23-27(5)13-12-24(32)26(3,4)22(27)11-14-29(23,28)7/h18,20-25,31-32H,1,8-17H2,2-7H3/t20-,21?,22?,23?,24-,25?,27-,28+,29+,30?/m0/s1. The van der Waals surface area contributed by atoms with Crippen molar-refractivity contribution in [2.24, 2.45) is 56.7 Å². The minimum atomic E-state index is -0.144. The number of nitrogens with one attached hydrogen (secondary N) is 1. The van der Waals surface area contributed by atoms with E-state index in [-0.39, 0.29) is 16.9 Å². The summed E-state index contributed by atoms with van der Waals surface area (Å²) in [4.78, 5) is 0. The van der Waals surface area contributed by atoms with Gasteiger partial charge in [-0.1, -0.05) is 46.8 Å². The molecule has 2 heteroatoms. The Labute approximate surface area is 197 Å². The van der Waals surface area contributed by atoms with Crippen LogP contribution in [0.4, 0.5) is 0 Å². The van der Waals surface area contributed by atoms with Crippen LogP contribution in [-0.2, 0) is 0 Å². The molecule has 5 aliphatic rings. The Morgan fingerprint density at radius 1 is 0.844 bits per heavy atom. The zero-order chi connectivity index (χ0) is 23.3. The van der Waals surface area contributed by atoms with Gasteiger partial charge in [0.25, 0.3) is 0 Å². The topological polar surface area (TPSA) is 44.1 Å². The zero-order valence-electron chi connectivity index (χ0n) is 21.8. The molecule has 0 aromatic carbocycles. The summed E-state index contributed by atoms with van der Waals surface area (Å²) in [7, 11) is 0. The molecular weight excluding hydrogens is 390 g/mol. The Hall–Kier alpha value is -0.630. The SMILES string of the molecule is C=C(C)[C@@H]1CCC2(C=N)CC[C@]3(C)C(CCC4[C@@]5(C)CC[C@H](O)C(C)(C)C5CC[C@]43C)C12. The summed E-state index contributed by atoms with van der Waals surface area (Å²) < 4.78 is 0. The van der Waals surface area contributed by atoms with Crippen LogP contribution in [0.5, 0.6) is 0 Å². The van der Waals surface area contributed by atoms with Crippen LogP contribution >= 0.6 is 0 Å². The fourth-order valence-electron chi connectivity index (χ4n) is 11.4. The molecule has 0 heterocycles. The lowest BCUT2D eigenvalue weighted by Gasteiger charge is -2.72. The largest absolute Gasteiger partial charge is 0.393 e. The third-order valence-electron chi connectivity index (χ3n) is 13.4. The normalized spacial score (nSPS) is 56.3. The highest BCUT2D eigenvalue weighted by Crippen LogP contribution is 2.77. The summed E-state index contributed by atoms with van der Waals surface area (Å²) in [5.41, 5.74) is 2.62. The lowest BCUT2D eigenvalue weighted by molar-refractivity contribution is -0.243. The number of fused-ring (bicyclic) bond motifs is 7. The van der Waals surface area contributed by atoms with Crippen molar-refractivity contribution in [3.8, 4) is 0 Å². The van der Waals surface area contributed by atoms with Crippen molar-refractivity contribution in [3.05, 3.63) is 12.2 Å². The molecule has 0 spiro atoms. The molecule has 5 aliphatic carbocycles. The molecule has 32 heavy (non-hydrogen) atoms. The van der Waals surface area contributed by atoms with Crippen molar-refractivity contribution in [2.75, 3.05) is 0 Å². The van der Waals surface area contributed by atoms with Gasteiger partial charge in [0, 0.05) is 11.6 Å². The first-order valence-corrected chi connectivity index (χ1v) is 13.7. The highest BCUT2D eigenvalue weighted by Gasteiger charge is 2.70. The summed E-state index contributed by atoms with van der Waals surface area (Å²) in [6.45, 7) is 19.4. The van der Waals surface area contributed by atoms with E-state index >= 15 is 0 Å². The van der Waals surface area contributed by atoms with Crippen molar-refractivity contribution in [2.45, 2.75) is 112 Å². The van der Waals surface area contributed by atoms with Crippen LogP contribution in [0.15, 0.2) is 12.2 Å². The summed E-state index contributed by atoms with van der Waals surface area (Å²) in [5, 5.41) is 19.4. The molecule has 10 atom stereocenters. The lowest BCUT2D eigenvalue weighted by Crippen LogP contribution is -2.66. The second-order valence-corrected chi connectivity index (χ2v) is 14.4. The number of rotatable bonds is 2. The first kappa shape index (κ1) is 23.1. The summed E-state index contributed by atoms with van der Waals surface area (Å²) in [6.07, 6.45) is 14.2. The van der Waals surface area contributed by atoms with E-state index in [9.17, 15) is 5.11 Å². The fraction of sp³-hybridized carbons (Fsp3) is 0.900. The molecule has 2 nitrogen and oxygen atoms in total. The Kier molecular flexibility index (Phi) is 5.03. The second-order valence-electron chi connectivity index (χ2n) is 14.4.